The Morgan fingerprint density at radius 3 is 2.06 bits per heavy atom. The van der Waals surface area contributed by atoms with E-state index in [2.05, 4.69) is 15.3 Å². The smallest absolute Gasteiger partial charge is 0.274 e. The van der Waals surface area contributed by atoms with Gasteiger partial charge in [-0.15, -0.1) is 0 Å². The van der Waals surface area contributed by atoms with Crippen LogP contribution in [-0.2, 0) is 20.2 Å². The standard InChI is InChI=1S/C17H17N5O2.2CH4O3S/c1-20-17(19)22-16(23)12-9-10-5-4-8-14(15(10)21-12)24-13-7-3-2-6-11(13)18;2*1-5(2,3)4/h2-9,21H,18H2,1H3,(H3,19,20,22,23);2*1H3,(H,2,3,4). The van der Waals surface area contributed by atoms with E-state index in [1.165, 1.54) is 7.05 Å². The Kier molecular flexibility index (Phi) is 10.0. The highest BCUT2D eigenvalue weighted by Gasteiger charge is 2.13. The van der Waals surface area contributed by atoms with Gasteiger partial charge in [-0.2, -0.15) is 16.8 Å². The molecule has 0 bridgehead atoms. The number of hydrogen-bond acceptors (Lipinski definition) is 8. The number of rotatable bonds is 3. The van der Waals surface area contributed by atoms with Crippen LogP contribution in [-0.4, -0.2) is 62.4 Å². The predicted octanol–water partition coefficient (Wildman–Crippen LogP) is 1.22. The van der Waals surface area contributed by atoms with Gasteiger partial charge in [0.25, 0.3) is 26.1 Å². The Bertz CT molecular complexity index is 1340. The van der Waals surface area contributed by atoms with Crippen molar-refractivity contribution in [3.63, 3.8) is 0 Å². The van der Waals surface area contributed by atoms with Crippen molar-refractivity contribution in [2.75, 3.05) is 25.3 Å². The second kappa shape index (κ2) is 12.0. The van der Waals surface area contributed by atoms with Gasteiger partial charge < -0.3 is 21.2 Å². The lowest BCUT2D eigenvalue weighted by Crippen LogP contribution is -2.36. The van der Waals surface area contributed by atoms with Crippen molar-refractivity contribution in [1.29, 1.82) is 0 Å². The Balaban J connectivity index is 0.000000489. The molecule has 186 valence electrons. The molecule has 3 aromatic rings. The maximum Gasteiger partial charge on any atom is 0.274 e. The summed E-state index contributed by atoms with van der Waals surface area (Å²) >= 11 is 0. The molecule has 8 N–H and O–H groups in total. The maximum atomic E-state index is 12.1. The van der Waals surface area contributed by atoms with Crippen LogP contribution in [0.4, 0.5) is 5.69 Å². The zero-order chi connectivity index (χ0) is 26.1. The largest absolute Gasteiger partial charge is 0.453 e. The van der Waals surface area contributed by atoms with Crippen LogP contribution in [0, 0.1) is 0 Å². The highest BCUT2D eigenvalue weighted by molar-refractivity contribution is 7.85. The number of para-hydroxylation sites is 3. The maximum absolute atomic E-state index is 12.1. The molecule has 0 saturated heterocycles. The number of nitrogen functional groups attached to an aromatic ring is 1. The van der Waals surface area contributed by atoms with Gasteiger partial charge in [0.15, 0.2) is 11.7 Å². The summed E-state index contributed by atoms with van der Waals surface area (Å²) in [5, 5.41) is 3.31. The number of nitrogens with two attached hydrogens (primary N) is 2. The van der Waals surface area contributed by atoms with E-state index in [0.717, 1.165) is 5.39 Å². The third-order valence-electron chi connectivity index (χ3n) is 3.48. The summed E-state index contributed by atoms with van der Waals surface area (Å²) in [4.78, 5) is 18.9. The summed E-state index contributed by atoms with van der Waals surface area (Å²) in [6.07, 6.45) is 1.43. The van der Waals surface area contributed by atoms with Crippen LogP contribution in [0.2, 0.25) is 0 Å². The molecular formula is C19H25N5O8S2. The van der Waals surface area contributed by atoms with Crippen LogP contribution in [0.15, 0.2) is 53.5 Å². The highest BCUT2D eigenvalue weighted by atomic mass is 32.2. The van der Waals surface area contributed by atoms with Crippen LogP contribution < -0.4 is 21.5 Å². The first-order valence-corrected chi connectivity index (χ1v) is 12.8. The van der Waals surface area contributed by atoms with E-state index in [-0.39, 0.29) is 11.9 Å². The SMILES string of the molecule is CN=C(N)NC(=O)c1cc2cccc(Oc3ccccc3N)c2[nH]1.CS(=O)(=O)O.CS(=O)(=O)O. The lowest BCUT2D eigenvalue weighted by atomic mass is 10.2. The van der Waals surface area contributed by atoms with Crippen LogP contribution in [0.1, 0.15) is 10.5 Å². The summed E-state index contributed by atoms with van der Waals surface area (Å²) in [5.74, 6) is 0.793. The molecule has 0 atom stereocenters. The number of ether oxygens (including phenoxy) is 1. The predicted molar refractivity (Wildman–Crippen MR) is 129 cm³/mol. The molecule has 0 aliphatic carbocycles. The first kappa shape index (κ1) is 28.4. The molecule has 0 saturated carbocycles. The third kappa shape index (κ3) is 11.3. The van der Waals surface area contributed by atoms with E-state index in [1.807, 2.05) is 24.3 Å². The summed E-state index contributed by atoms with van der Waals surface area (Å²) in [6.45, 7) is 0. The second-order valence-electron chi connectivity index (χ2n) is 6.57. The fourth-order valence-electron chi connectivity index (χ4n) is 2.27. The molecule has 0 spiro atoms. The number of nitrogens with zero attached hydrogens (tertiary/aromatic N) is 1. The number of anilines is 1. The number of amides is 1. The van der Waals surface area contributed by atoms with E-state index in [9.17, 15) is 21.6 Å². The Morgan fingerprint density at radius 1 is 1.00 bits per heavy atom. The Labute approximate surface area is 196 Å². The fraction of sp³-hybridized carbons (Fsp3) is 0.158. The number of carbonyl (C=O) groups is 1. The van der Waals surface area contributed by atoms with Crippen molar-refractivity contribution in [2.45, 2.75) is 0 Å². The van der Waals surface area contributed by atoms with Gasteiger partial charge in [0.05, 0.1) is 23.7 Å². The molecule has 1 aromatic heterocycles. The minimum Gasteiger partial charge on any atom is -0.453 e. The molecule has 0 aliphatic heterocycles. The Hall–Kier alpha value is -3.66. The molecule has 2 aromatic carbocycles. The molecule has 0 fully saturated rings. The topological polar surface area (TPSA) is 227 Å². The average molecular weight is 516 g/mol. The monoisotopic (exact) mass is 515 g/mol. The van der Waals surface area contributed by atoms with Gasteiger partial charge in [-0.25, -0.2) is 0 Å². The van der Waals surface area contributed by atoms with Gasteiger partial charge in [-0.3, -0.25) is 24.2 Å². The molecule has 15 heteroatoms. The number of aliphatic imine (C=N–C) groups is 1. The summed E-state index contributed by atoms with van der Waals surface area (Å²) in [6, 6.07) is 14.4. The van der Waals surface area contributed by atoms with Crippen LogP contribution in [0.25, 0.3) is 10.9 Å². The van der Waals surface area contributed by atoms with Crippen molar-refractivity contribution in [3.8, 4) is 11.5 Å². The zero-order valence-corrected chi connectivity index (χ0v) is 20.0. The van der Waals surface area contributed by atoms with Crippen molar-refractivity contribution < 1.29 is 35.5 Å². The lowest BCUT2D eigenvalue weighted by molar-refractivity contribution is 0.0972. The number of aromatic nitrogens is 1. The molecule has 0 unspecified atom stereocenters. The third-order valence-corrected chi connectivity index (χ3v) is 3.48. The van der Waals surface area contributed by atoms with Gasteiger partial charge in [-0.1, -0.05) is 24.3 Å². The lowest BCUT2D eigenvalue weighted by Gasteiger charge is -2.09. The number of fused-ring (bicyclic) bond motifs is 1. The van der Waals surface area contributed by atoms with Gasteiger partial charge >= 0.3 is 0 Å². The summed E-state index contributed by atoms with van der Waals surface area (Å²) < 4.78 is 57.6. The van der Waals surface area contributed by atoms with E-state index in [1.54, 1.807) is 24.3 Å². The molecule has 1 amide bonds. The summed E-state index contributed by atoms with van der Waals surface area (Å²) in [5.41, 5.74) is 13.0. The normalized spacial score (nSPS) is 11.5. The average Bonchev–Trinajstić information content (AvgIpc) is 3.12. The molecule has 34 heavy (non-hydrogen) atoms. The van der Waals surface area contributed by atoms with E-state index < -0.39 is 20.2 Å². The van der Waals surface area contributed by atoms with Crippen molar-refractivity contribution in [2.24, 2.45) is 10.7 Å². The number of aromatic amines is 1. The number of hydrogen-bond donors (Lipinski definition) is 6. The highest BCUT2D eigenvalue weighted by Crippen LogP contribution is 2.32. The number of guanidine groups is 1. The zero-order valence-electron chi connectivity index (χ0n) is 18.4. The minimum absolute atomic E-state index is 0.0483. The molecular weight excluding hydrogens is 490 g/mol. The summed E-state index contributed by atoms with van der Waals surface area (Å²) in [7, 11) is -5.84. The van der Waals surface area contributed by atoms with Crippen LogP contribution in [0.5, 0.6) is 11.5 Å². The van der Waals surface area contributed by atoms with Gasteiger partial charge in [0.2, 0.25) is 0 Å². The van der Waals surface area contributed by atoms with Gasteiger partial charge in [-0.05, 0) is 24.3 Å². The number of nitrogens with one attached hydrogen (secondary N) is 2. The quantitative estimate of drug-likeness (QED) is 0.126. The molecule has 13 nitrogen and oxygen atoms in total. The van der Waals surface area contributed by atoms with E-state index in [4.69, 9.17) is 25.3 Å². The fourth-order valence-corrected chi connectivity index (χ4v) is 2.27. The van der Waals surface area contributed by atoms with E-state index in [0.29, 0.717) is 40.9 Å². The molecule has 3 rings (SSSR count). The molecule has 0 radical (unpaired) electrons. The van der Waals surface area contributed by atoms with Crippen LogP contribution >= 0.6 is 0 Å². The first-order valence-electron chi connectivity index (χ1n) is 9.11. The second-order valence-corrected chi connectivity index (χ2v) is 9.50. The molecule has 1 heterocycles. The molecule has 0 aliphatic rings. The van der Waals surface area contributed by atoms with Gasteiger partial charge in [0, 0.05) is 12.4 Å². The van der Waals surface area contributed by atoms with Gasteiger partial charge in [0.1, 0.15) is 11.4 Å². The number of benzene rings is 2. The number of H-pyrrole nitrogens is 1. The van der Waals surface area contributed by atoms with E-state index >= 15 is 0 Å². The Morgan fingerprint density at radius 2 is 1.53 bits per heavy atom. The minimum atomic E-state index is -3.67. The van der Waals surface area contributed by atoms with Crippen molar-refractivity contribution in [1.82, 2.24) is 10.3 Å². The van der Waals surface area contributed by atoms with Crippen LogP contribution in [0.3, 0.4) is 0 Å². The van der Waals surface area contributed by atoms with Crippen molar-refractivity contribution >= 4 is 48.7 Å². The van der Waals surface area contributed by atoms with Crippen molar-refractivity contribution in [3.05, 3.63) is 54.2 Å². The first-order chi connectivity index (χ1) is 15.6. The number of carbonyl (C=O) groups excluding carboxylic acids is 1.